The number of alkyl halides is 3. The Balaban J connectivity index is 2.56. The third-order valence-electron chi connectivity index (χ3n) is 2.02. The van der Waals surface area contributed by atoms with E-state index in [1.807, 2.05) is 0 Å². The molecule has 0 aliphatic rings. The van der Waals surface area contributed by atoms with Crippen LogP contribution in [0, 0.1) is 0 Å². The predicted molar refractivity (Wildman–Crippen MR) is 51.5 cm³/mol. The molecule has 0 aliphatic heterocycles. The smallest absolute Gasteiger partial charge is 0.268 e. The fourth-order valence-electron chi connectivity index (χ4n) is 1.37. The second-order valence-electron chi connectivity index (χ2n) is 3.00. The van der Waals surface area contributed by atoms with Gasteiger partial charge in [0.2, 0.25) is 0 Å². The van der Waals surface area contributed by atoms with E-state index in [1.165, 1.54) is 22.3 Å². The summed E-state index contributed by atoms with van der Waals surface area (Å²) < 4.78 is 39.2. The summed E-state index contributed by atoms with van der Waals surface area (Å²) in [6.45, 7) is 0. The Morgan fingerprint density at radius 2 is 2.07 bits per heavy atom. The summed E-state index contributed by atoms with van der Waals surface area (Å²) >= 11 is 0.697. The molecule has 0 bridgehead atoms. The van der Waals surface area contributed by atoms with Crippen LogP contribution in [0.2, 0.25) is 0 Å². The van der Waals surface area contributed by atoms with E-state index in [0.29, 0.717) is 17.0 Å². The molecule has 15 heavy (non-hydrogen) atoms. The number of aromatic nitrogens is 2. The molecule has 2 heterocycles. The average Bonchev–Trinajstić information content (AvgIpc) is 2.69. The molecule has 0 saturated carbocycles. The molecule has 0 spiro atoms. The summed E-state index contributed by atoms with van der Waals surface area (Å²) in [5, 5.41) is 5.29. The van der Waals surface area contributed by atoms with Crippen LogP contribution in [-0.2, 0) is 13.2 Å². The van der Waals surface area contributed by atoms with Crippen LogP contribution in [0.5, 0.6) is 0 Å². The first-order chi connectivity index (χ1) is 7.00. The maximum absolute atomic E-state index is 12.6. The second kappa shape index (κ2) is 3.37. The molecule has 0 aliphatic carbocycles. The number of hydrogen-bond donors (Lipinski definition) is 0. The first-order valence-corrected chi connectivity index (χ1v) is 5.01. The van der Waals surface area contributed by atoms with Crippen LogP contribution in [-0.4, -0.2) is 9.78 Å². The van der Waals surface area contributed by atoms with Crippen molar-refractivity contribution in [3.63, 3.8) is 0 Å². The van der Waals surface area contributed by atoms with E-state index < -0.39 is 11.1 Å². The van der Waals surface area contributed by atoms with Crippen LogP contribution in [0.4, 0.5) is 13.2 Å². The first kappa shape index (κ1) is 10.2. The minimum atomic E-state index is -4.30. The van der Waals surface area contributed by atoms with Gasteiger partial charge in [0.15, 0.2) is 0 Å². The van der Waals surface area contributed by atoms with Gasteiger partial charge in [0.1, 0.15) is 4.88 Å². The molecule has 0 aromatic carbocycles. The van der Waals surface area contributed by atoms with Gasteiger partial charge in [0, 0.05) is 18.8 Å². The number of rotatable bonds is 1. The Bertz CT molecular complexity index is 470. The van der Waals surface area contributed by atoms with E-state index >= 15 is 0 Å². The summed E-state index contributed by atoms with van der Waals surface area (Å²) in [7, 11) is 1.62. The third kappa shape index (κ3) is 1.77. The molecule has 0 radical (unpaired) electrons. The molecule has 0 unspecified atom stereocenters. The molecule has 0 fully saturated rings. The Hall–Kier alpha value is -1.30. The maximum atomic E-state index is 12.6. The van der Waals surface area contributed by atoms with Crippen molar-refractivity contribution in [3.8, 4) is 11.3 Å². The van der Waals surface area contributed by atoms with Gasteiger partial charge in [-0.25, -0.2) is 0 Å². The van der Waals surface area contributed by atoms with Crippen molar-refractivity contribution in [2.45, 2.75) is 6.18 Å². The van der Waals surface area contributed by atoms with Crippen LogP contribution in [0.3, 0.4) is 0 Å². The minimum absolute atomic E-state index is 0.188. The summed E-state index contributed by atoms with van der Waals surface area (Å²) in [5.41, 5.74) is 0.663. The van der Waals surface area contributed by atoms with Gasteiger partial charge in [0.25, 0.3) is 0 Å². The van der Waals surface area contributed by atoms with Crippen LogP contribution in [0.15, 0.2) is 23.7 Å². The van der Waals surface area contributed by atoms with Gasteiger partial charge in [-0.1, -0.05) is 0 Å². The fourth-order valence-corrected chi connectivity index (χ4v) is 2.14. The molecular weight excluding hydrogens is 225 g/mol. The molecule has 2 rings (SSSR count). The van der Waals surface area contributed by atoms with E-state index in [1.54, 1.807) is 13.1 Å². The summed E-state index contributed by atoms with van der Waals surface area (Å²) in [4.78, 5) is -0.578. The van der Waals surface area contributed by atoms with Crippen molar-refractivity contribution in [3.05, 3.63) is 28.6 Å². The van der Waals surface area contributed by atoms with Crippen LogP contribution >= 0.6 is 11.3 Å². The number of thiophene rings is 1. The van der Waals surface area contributed by atoms with Crippen molar-refractivity contribution < 1.29 is 13.2 Å². The lowest BCUT2D eigenvalue weighted by Crippen LogP contribution is -2.05. The molecular formula is C9H7F3N2S. The molecule has 0 atom stereocenters. The monoisotopic (exact) mass is 232 g/mol. The number of aryl methyl sites for hydroxylation is 1. The van der Waals surface area contributed by atoms with Crippen LogP contribution in [0.25, 0.3) is 11.3 Å². The van der Waals surface area contributed by atoms with E-state index in [-0.39, 0.29) is 5.56 Å². The highest BCUT2D eigenvalue weighted by molar-refractivity contribution is 7.10. The lowest BCUT2D eigenvalue weighted by Gasteiger charge is -2.07. The molecule has 2 aromatic heterocycles. The van der Waals surface area contributed by atoms with Gasteiger partial charge < -0.3 is 0 Å². The number of nitrogens with zero attached hydrogens (tertiary/aromatic N) is 2. The topological polar surface area (TPSA) is 17.8 Å². The molecule has 0 N–H and O–H groups in total. The quantitative estimate of drug-likeness (QED) is 0.738. The van der Waals surface area contributed by atoms with E-state index in [9.17, 15) is 13.2 Å². The van der Waals surface area contributed by atoms with E-state index in [0.717, 1.165) is 0 Å². The molecule has 0 saturated heterocycles. The molecule has 0 amide bonds. The van der Waals surface area contributed by atoms with Crippen molar-refractivity contribution in [1.82, 2.24) is 9.78 Å². The lowest BCUT2D eigenvalue weighted by molar-refractivity contribution is -0.133. The highest BCUT2D eigenvalue weighted by Crippen LogP contribution is 2.40. The van der Waals surface area contributed by atoms with Gasteiger partial charge >= 0.3 is 6.18 Å². The molecule has 2 nitrogen and oxygen atoms in total. The van der Waals surface area contributed by atoms with E-state index in [4.69, 9.17) is 0 Å². The van der Waals surface area contributed by atoms with Crippen molar-refractivity contribution >= 4 is 11.3 Å². The first-order valence-electron chi connectivity index (χ1n) is 4.13. The van der Waals surface area contributed by atoms with Crippen LogP contribution < -0.4 is 0 Å². The zero-order valence-corrected chi connectivity index (χ0v) is 8.56. The minimum Gasteiger partial charge on any atom is -0.268 e. The largest absolute Gasteiger partial charge is 0.426 e. The third-order valence-corrected chi connectivity index (χ3v) is 2.98. The summed E-state index contributed by atoms with van der Waals surface area (Å²) in [6.07, 6.45) is -2.82. The van der Waals surface area contributed by atoms with Gasteiger partial charge in [-0.2, -0.15) is 18.3 Å². The Kier molecular flexibility index (Phi) is 2.30. The summed E-state index contributed by atoms with van der Waals surface area (Å²) in [6, 6.07) is 3.03. The van der Waals surface area contributed by atoms with Crippen molar-refractivity contribution in [2.75, 3.05) is 0 Å². The van der Waals surface area contributed by atoms with Crippen LogP contribution in [0.1, 0.15) is 4.88 Å². The van der Waals surface area contributed by atoms with Crippen molar-refractivity contribution in [1.29, 1.82) is 0 Å². The zero-order chi connectivity index (χ0) is 11.1. The van der Waals surface area contributed by atoms with Crippen molar-refractivity contribution in [2.24, 2.45) is 7.05 Å². The predicted octanol–water partition coefficient (Wildman–Crippen LogP) is 3.17. The second-order valence-corrected chi connectivity index (χ2v) is 3.92. The Morgan fingerprint density at radius 1 is 1.33 bits per heavy atom. The average molecular weight is 232 g/mol. The molecule has 6 heteroatoms. The normalized spacial score (nSPS) is 12.0. The Labute approximate surface area is 88.0 Å². The van der Waals surface area contributed by atoms with Gasteiger partial charge in [-0.3, -0.25) is 4.68 Å². The molecule has 80 valence electrons. The SMILES string of the molecule is Cn1nccc1-c1ccsc1C(F)(F)F. The maximum Gasteiger partial charge on any atom is 0.426 e. The highest BCUT2D eigenvalue weighted by atomic mass is 32.1. The van der Waals surface area contributed by atoms with Gasteiger partial charge in [-0.15, -0.1) is 11.3 Å². The van der Waals surface area contributed by atoms with Gasteiger partial charge in [0.05, 0.1) is 5.69 Å². The van der Waals surface area contributed by atoms with E-state index in [2.05, 4.69) is 5.10 Å². The summed E-state index contributed by atoms with van der Waals surface area (Å²) in [5.74, 6) is 0. The fraction of sp³-hybridized carbons (Fsp3) is 0.222. The molecule has 2 aromatic rings. The Morgan fingerprint density at radius 3 is 2.60 bits per heavy atom. The standard InChI is InChI=1S/C9H7F3N2S/c1-14-7(2-4-13-14)6-3-5-15-8(6)9(10,11)12/h2-5H,1H3. The lowest BCUT2D eigenvalue weighted by atomic mass is 10.2. The van der Waals surface area contributed by atoms with Gasteiger partial charge in [-0.05, 0) is 17.5 Å². The highest BCUT2D eigenvalue weighted by Gasteiger charge is 2.35. The number of hydrogen-bond acceptors (Lipinski definition) is 2. The number of halogens is 3. The zero-order valence-electron chi connectivity index (χ0n) is 7.75.